The maximum atomic E-state index is 12.4. The lowest BCUT2D eigenvalue weighted by atomic mass is 10.0. The van der Waals surface area contributed by atoms with Gasteiger partial charge >= 0.3 is 6.18 Å². The lowest BCUT2D eigenvalue weighted by molar-refractivity contribution is -0.137. The third kappa shape index (κ3) is 4.29. The first-order chi connectivity index (χ1) is 9.86. The van der Waals surface area contributed by atoms with Crippen molar-refractivity contribution in [1.82, 2.24) is 4.98 Å². The molecule has 0 amide bonds. The lowest BCUT2D eigenvalue weighted by Crippen LogP contribution is -2.06. The summed E-state index contributed by atoms with van der Waals surface area (Å²) >= 11 is 5.70. The molecular formula is C15H11ClF3NO. The van der Waals surface area contributed by atoms with Gasteiger partial charge in [0.15, 0.2) is 5.78 Å². The predicted octanol–water partition coefficient (Wildman–Crippen LogP) is 4.57. The van der Waals surface area contributed by atoms with E-state index in [4.69, 9.17) is 11.6 Å². The zero-order valence-electron chi connectivity index (χ0n) is 10.8. The number of carbonyl (C=O) groups excluding carboxylic acids is 1. The molecule has 21 heavy (non-hydrogen) atoms. The molecule has 0 saturated heterocycles. The van der Waals surface area contributed by atoms with Crippen LogP contribution in [-0.2, 0) is 12.6 Å². The average Bonchev–Trinajstić information content (AvgIpc) is 2.44. The SMILES string of the molecule is O=C(CCc1ccc(C(F)(F)F)cc1)c1cccc(Cl)n1. The molecule has 0 N–H and O–H groups in total. The summed E-state index contributed by atoms with van der Waals surface area (Å²) in [5, 5.41) is 0.232. The van der Waals surface area contributed by atoms with E-state index in [1.54, 1.807) is 18.2 Å². The molecule has 2 nitrogen and oxygen atoms in total. The minimum absolute atomic E-state index is 0.165. The van der Waals surface area contributed by atoms with Crippen molar-refractivity contribution in [3.8, 4) is 0 Å². The molecule has 1 aromatic carbocycles. The Morgan fingerprint density at radius 3 is 2.33 bits per heavy atom. The molecule has 0 atom stereocenters. The smallest absolute Gasteiger partial charge is 0.292 e. The van der Waals surface area contributed by atoms with Crippen molar-refractivity contribution in [2.75, 3.05) is 0 Å². The summed E-state index contributed by atoms with van der Waals surface area (Å²) in [5.74, 6) is -0.197. The molecule has 0 radical (unpaired) electrons. The number of benzene rings is 1. The Bertz CT molecular complexity index is 638. The average molecular weight is 314 g/mol. The number of alkyl halides is 3. The predicted molar refractivity (Wildman–Crippen MR) is 73.3 cm³/mol. The van der Waals surface area contributed by atoms with E-state index in [0.717, 1.165) is 12.1 Å². The number of pyridine rings is 1. The standard InChI is InChI=1S/C15H11ClF3NO/c16-14-3-1-2-12(20-14)13(21)9-6-10-4-7-11(8-5-10)15(17,18)19/h1-5,7-8H,6,9H2. The number of aromatic nitrogens is 1. The van der Waals surface area contributed by atoms with Gasteiger partial charge in [0.25, 0.3) is 0 Å². The number of aryl methyl sites for hydroxylation is 1. The van der Waals surface area contributed by atoms with Crippen LogP contribution in [-0.4, -0.2) is 10.8 Å². The highest BCUT2D eigenvalue weighted by Gasteiger charge is 2.29. The van der Waals surface area contributed by atoms with Gasteiger partial charge in [-0.05, 0) is 36.2 Å². The molecule has 0 unspecified atom stereocenters. The molecule has 0 saturated carbocycles. The van der Waals surface area contributed by atoms with E-state index >= 15 is 0 Å². The normalized spacial score (nSPS) is 11.4. The van der Waals surface area contributed by atoms with Crippen LogP contribution in [0.25, 0.3) is 0 Å². The largest absolute Gasteiger partial charge is 0.416 e. The molecule has 2 aromatic rings. The Kier molecular flexibility index (Phi) is 4.63. The van der Waals surface area contributed by atoms with Gasteiger partial charge in [0, 0.05) is 6.42 Å². The summed E-state index contributed by atoms with van der Waals surface area (Å²) in [7, 11) is 0. The van der Waals surface area contributed by atoms with Gasteiger partial charge in [-0.3, -0.25) is 4.79 Å². The molecule has 0 spiro atoms. The monoisotopic (exact) mass is 313 g/mol. The van der Waals surface area contributed by atoms with E-state index < -0.39 is 11.7 Å². The number of hydrogen-bond acceptors (Lipinski definition) is 2. The topological polar surface area (TPSA) is 30.0 Å². The van der Waals surface area contributed by atoms with Gasteiger partial charge < -0.3 is 0 Å². The molecule has 1 heterocycles. The van der Waals surface area contributed by atoms with Crippen LogP contribution in [0, 0.1) is 0 Å². The number of nitrogens with zero attached hydrogens (tertiary/aromatic N) is 1. The quantitative estimate of drug-likeness (QED) is 0.611. The fraction of sp³-hybridized carbons (Fsp3) is 0.200. The van der Waals surface area contributed by atoms with E-state index in [2.05, 4.69) is 4.98 Å². The summed E-state index contributed by atoms with van der Waals surface area (Å²) in [4.78, 5) is 15.8. The fourth-order valence-corrected chi connectivity index (χ4v) is 1.97. The first-order valence-electron chi connectivity index (χ1n) is 6.18. The van der Waals surface area contributed by atoms with Crippen molar-refractivity contribution in [2.45, 2.75) is 19.0 Å². The molecule has 0 aliphatic rings. The van der Waals surface area contributed by atoms with E-state index in [0.29, 0.717) is 12.0 Å². The molecule has 110 valence electrons. The minimum atomic E-state index is -4.35. The van der Waals surface area contributed by atoms with Crippen LogP contribution in [0.5, 0.6) is 0 Å². The van der Waals surface area contributed by atoms with Crippen LogP contribution in [0.2, 0.25) is 5.15 Å². The van der Waals surface area contributed by atoms with Crippen molar-refractivity contribution < 1.29 is 18.0 Å². The van der Waals surface area contributed by atoms with Gasteiger partial charge in [-0.25, -0.2) is 4.98 Å². The Morgan fingerprint density at radius 2 is 1.76 bits per heavy atom. The van der Waals surface area contributed by atoms with Gasteiger partial charge in [0.1, 0.15) is 10.8 Å². The van der Waals surface area contributed by atoms with Gasteiger partial charge in [-0.2, -0.15) is 13.2 Å². The molecular weight excluding hydrogens is 303 g/mol. The molecule has 1 aromatic heterocycles. The summed E-state index contributed by atoms with van der Waals surface area (Å²) in [6, 6.07) is 9.52. The van der Waals surface area contributed by atoms with Crippen molar-refractivity contribution >= 4 is 17.4 Å². The van der Waals surface area contributed by atoms with Crippen molar-refractivity contribution in [2.24, 2.45) is 0 Å². The second kappa shape index (κ2) is 6.26. The number of carbonyl (C=O) groups is 1. The van der Waals surface area contributed by atoms with Crippen LogP contribution in [0.15, 0.2) is 42.5 Å². The second-order valence-corrected chi connectivity index (χ2v) is 4.85. The van der Waals surface area contributed by atoms with E-state index in [1.165, 1.54) is 12.1 Å². The summed E-state index contributed by atoms with van der Waals surface area (Å²) < 4.78 is 37.3. The van der Waals surface area contributed by atoms with Gasteiger partial charge in [0.2, 0.25) is 0 Å². The Balaban J connectivity index is 1.98. The zero-order valence-corrected chi connectivity index (χ0v) is 11.6. The third-order valence-corrected chi connectivity index (χ3v) is 3.13. The maximum absolute atomic E-state index is 12.4. The van der Waals surface area contributed by atoms with Crippen LogP contribution < -0.4 is 0 Å². The molecule has 2 rings (SSSR count). The lowest BCUT2D eigenvalue weighted by Gasteiger charge is -2.07. The molecule has 0 bridgehead atoms. The van der Waals surface area contributed by atoms with Crippen molar-refractivity contribution in [3.63, 3.8) is 0 Å². The van der Waals surface area contributed by atoms with Crippen LogP contribution in [0.3, 0.4) is 0 Å². The summed E-state index contributed by atoms with van der Waals surface area (Å²) in [5.41, 5.74) is 0.224. The van der Waals surface area contributed by atoms with Gasteiger partial charge in [0.05, 0.1) is 5.56 Å². The Labute approximate surface area is 124 Å². The Morgan fingerprint density at radius 1 is 1.10 bits per heavy atom. The van der Waals surface area contributed by atoms with Gasteiger partial charge in [-0.1, -0.05) is 29.8 Å². The second-order valence-electron chi connectivity index (χ2n) is 4.46. The van der Waals surface area contributed by atoms with E-state index in [1.807, 2.05) is 0 Å². The number of Topliss-reactive ketones (excluding diaryl/α,β-unsaturated/α-hetero) is 1. The maximum Gasteiger partial charge on any atom is 0.416 e. The number of halogens is 4. The van der Waals surface area contributed by atoms with Crippen molar-refractivity contribution in [1.29, 1.82) is 0 Å². The number of hydrogen-bond donors (Lipinski definition) is 0. The summed E-state index contributed by atoms with van der Waals surface area (Å²) in [6.07, 6.45) is -3.83. The van der Waals surface area contributed by atoms with Crippen molar-refractivity contribution in [3.05, 3.63) is 64.4 Å². The van der Waals surface area contributed by atoms with Crippen LogP contribution in [0.1, 0.15) is 28.0 Å². The minimum Gasteiger partial charge on any atom is -0.292 e. The zero-order chi connectivity index (χ0) is 15.5. The highest BCUT2D eigenvalue weighted by atomic mass is 35.5. The molecule has 0 aliphatic carbocycles. The molecule has 0 fully saturated rings. The first-order valence-corrected chi connectivity index (χ1v) is 6.56. The third-order valence-electron chi connectivity index (χ3n) is 2.92. The fourth-order valence-electron chi connectivity index (χ4n) is 1.81. The van der Waals surface area contributed by atoms with E-state index in [9.17, 15) is 18.0 Å². The van der Waals surface area contributed by atoms with Crippen LogP contribution in [0.4, 0.5) is 13.2 Å². The molecule has 6 heteroatoms. The highest BCUT2D eigenvalue weighted by Crippen LogP contribution is 2.29. The number of ketones is 1. The molecule has 0 aliphatic heterocycles. The van der Waals surface area contributed by atoms with E-state index in [-0.39, 0.29) is 23.1 Å². The van der Waals surface area contributed by atoms with Crippen LogP contribution >= 0.6 is 11.6 Å². The first kappa shape index (κ1) is 15.5. The number of rotatable bonds is 4. The Hall–Kier alpha value is -1.88. The van der Waals surface area contributed by atoms with Gasteiger partial charge in [-0.15, -0.1) is 0 Å². The highest BCUT2D eigenvalue weighted by molar-refractivity contribution is 6.29. The summed E-state index contributed by atoms with van der Waals surface area (Å²) in [6.45, 7) is 0.